The minimum absolute atomic E-state index is 0.764. The zero-order valence-corrected chi connectivity index (χ0v) is 9.75. The van der Waals surface area contributed by atoms with E-state index in [1.54, 1.807) is 0 Å². The Labute approximate surface area is 87.9 Å². The third-order valence-electron chi connectivity index (χ3n) is 2.35. The number of rotatable bonds is 9. The van der Waals surface area contributed by atoms with E-state index in [4.69, 9.17) is 0 Å². The number of nitrogens with one attached hydrogen (secondary N) is 1. The van der Waals surface area contributed by atoms with Crippen molar-refractivity contribution in [1.82, 2.24) is 10.2 Å². The summed E-state index contributed by atoms with van der Waals surface area (Å²) in [4.78, 5) is 12.3. The van der Waals surface area contributed by atoms with Gasteiger partial charge in [-0.2, -0.15) is 0 Å². The summed E-state index contributed by atoms with van der Waals surface area (Å²) in [5, 5.41) is 2.67. The van der Waals surface area contributed by atoms with Gasteiger partial charge in [0.15, 0.2) is 0 Å². The van der Waals surface area contributed by atoms with Crippen molar-refractivity contribution in [1.29, 1.82) is 0 Å². The van der Waals surface area contributed by atoms with Crippen molar-refractivity contribution in [2.75, 3.05) is 26.7 Å². The Morgan fingerprint density at radius 1 is 1.50 bits per heavy atom. The van der Waals surface area contributed by atoms with Crippen molar-refractivity contribution in [3.63, 3.8) is 0 Å². The molecule has 0 radical (unpaired) electrons. The van der Waals surface area contributed by atoms with Gasteiger partial charge >= 0.3 is 0 Å². The molecular formula is C11H24N2O. The lowest BCUT2D eigenvalue weighted by molar-refractivity contribution is -0.109. The van der Waals surface area contributed by atoms with E-state index in [0.717, 1.165) is 38.4 Å². The molecule has 84 valence electrons. The highest BCUT2D eigenvalue weighted by atomic mass is 16.1. The summed E-state index contributed by atoms with van der Waals surface area (Å²) in [6, 6.07) is 0. The smallest absolute Gasteiger partial charge is 0.207 e. The molecule has 14 heavy (non-hydrogen) atoms. The molecule has 1 atom stereocenters. The highest BCUT2D eigenvalue weighted by molar-refractivity contribution is 5.45. The molecular weight excluding hydrogens is 176 g/mol. The summed E-state index contributed by atoms with van der Waals surface area (Å²) in [7, 11) is 2.15. The molecule has 0 saturated heterocycles. The van der Waals surface area contributed by atoms with E-state index in [-0.39, 0.29) is 0 Å². The number of carbonyl (C=O) groups excluding carboxylic acids is 1. The maximum absolute atomic E-state index is 9.99. The third kappa shape index (κ3) is 8.05. The standard InChI is InChI=1S/C11H24N2O/c1-4-6-11(2)9-13(3)8-5-7-12-10-14/h10-11H,4-9H2,1-3H3,(H,12,14). The van der Waals surface area contributed by atoms with Crippen LogP contribution in [-0.2, 0) is 4.79 Å². The Morgan fingerprint density at radius 3 is 2.79 bits per heavy atom. The van der Waals surface area contributed by atoms with Crippen LogP contribution in [0.2, 0.25) is 0 Å². The van der Waals surface area contributed by atoms with Crippen molar-refractivity contribution in [2.45, 2.75) is 33.1 Å². The van der Waals surface area contributed by atoms with Crippen molar-refractivity contribution in [3.8, 4) is 0 Å². The highest BCUT2D eigenvalue weighted by Gasteiger charge is 2.04. The first-order valence-electron chi connectivity index (χ1n) is 5.56. The SMILES string of the molecule is CCCC(C)CN(C)CCCNC=O. The van der Waals surface area contributed by atoms with Gasteiger partial charge in [0.1, 0.15) is 0 Å². The molecule has 0 aliphatic carbocycles. The number of carbonyl (C=O) groups is 1. The van der Waals surface area contributed by atoms with Gasteiger partial charge in [0, 0.05) is 13.1 Å². The fourth-order valence-electron chi connectivity index (χ4n) is 1.72. The first kappa shape index (κ1) is 13.4. The number of hydrogen-bond donors (Lipinski definition) is 1. The molecule has 0 spiro atoms. The van der Waals surface area contributed by atoms with Gasteiger partial charge in [-0.25, -0.2) is 0 Å². The summed E-state index contributed by atoms with van der Waals surface area (Å²) < 4.78 is 0. The van der Waals surface area contributed by atoms with Crippen LogP contribution in [0.25, 0.3) is 0 Å². The van der Waals surface area contributed by atoms with Crippen molar-refractivity contribution in [2.24, 2.45) is 5.92 Å². The molecule has 0 rings (SSSR count). The van der Waals surface area contributed by atoms with Crippen molar-refractivity contribution >= 4 is 6.41 Å². The number of amides is 1. The molecule has 1 amide bonds. The Hall–Kier alpha value is -0.570. The first-order chi connectivity index (χ1) is 6.70. The largest absolute Gasteiger partial charge is 0.359 e. The second-order valence-corrected chi connectivity index (χ2v) is 4.08. The van der Waals surface area contributed by atoms with E-state index in [1.165, 1.54) is 12.8 Å². The van der Waals surface area contributed by atoms with E-state index in [2.05, 4.69) is 31.1 Å². The molecule has 0 saturated carbocycles. The second kappa shape index (κ2) is 9.00. The predicted octanol–water partition coefficient (Wildman–Crippen LogP) is 1.49. The van der Waals surface area contributed by atoms with Crippen molar-refractivity contribution in [3.05, 3.63) is 0 Å². The van der Waals surface area contributed by atoms with Crippen LogP contribution >= 0.6 is 0 Å². The highest BCUT2D eigenvalue weighted by Crippen LogP contribution is 2.06. The van der Waals surface area contributed by atoms with E-state index in [9.17, 15) is 4.79 Å². The van der Waals surface area contributed by atoms with Crippen LogP contribution < -0.4 is 5.32 Å². The maximum Gasteiger partial charge on any atom is 0.207 e. The van der Waals surface area contributed by atoms with E-state index < -0.39 is 0 Å². The van der Waals surface area contributed by atoms with Gasteiger partial charge in [0.05, 0.1) is 0 Å². The minimum Gasteiger partial charge on any atom is -0.359 e. The molecule has 1 unspecified atom stereocenters. The van der Waals surface area contributed by atoms with Crippen LogP contribution in [0.3, 0.4) is 0 Å². The Balaban J connectivity index is 3.34. The first-order valence-corrected chi connectivity index (χ1v) is 5.56. The average molecular weight is 200 g/mol. The molecule has 3 nitrogen and oxygen atoms in total. The fraction of sp³-hybridized carbons (Fsp3) is 0.909. The molecule has 0 fully saturated rings. The van der Waals surface area contributed by atoms with Crippen LogP contribution in [0, 0.1) is 5.92 Å². The molecule has 0 aromatic rings. The minimum atomic E-state index is 0.764. The van der Waals surface area contributed by atoms with Crippen LogP contribution in [0.5, 0.6) is 0 Å². The zero-order chi connectivity index (χ0) is 10.8. The molecule has 0 aromatic heterocycles. The summed E-state index contributed by atoms with van der Waals surface area (Å²) in [6.07, 6.45) is 4.37. The Kier molecular flexibility index (Phi) is 8.64. The van der Waals surface area contributed by atoms with Crippen LogP contribution in [0.15, 0.2) is 0 Å². The monoisotopic (exact) mass is 200 g/mol. The molecule has 0 aliphatic rings. The van der Waals surface area contributed by atoms with Gasteiger partial charge in [-0.05, 0) is 32.4 Å². The van der Waals surface area contributed by atoms with Gasteiger partial charge in [-0.1, -0.05) is 20.3 Å². The quantitative estimate of drug-likeness (QED) is 0.452. The lowest BCUT2D eigenvalue weighted by Gasteiger charge is -2.20. The molecule has 3 heteroatoms. The predicted molar refractivity (Wildman–Crippen MR) is 60.3 cm³/mol. The summed E-state index contributed by atoms with van der Waals surface area (Å²) >= 11 is 0. The zero-order valence-electron chi connectivity index (χ0n) is 9.75. The van der Waals surface area contributed by atoms with Gasteiger partial charge < -0.3 is 10.2 Å². The van der Waals surface area contributed by atoms with Crippen LogP contribution in [0.4, 0.5) is 0 Å². The summed E-state index contributed by atoms with van der Waals surface area (Å²) in [6.45, 7) is 7.54. The number of nitrogens with zero attached hydrogens (tertiary/aromatic N) is 1. The molecule has 0 aromatic carbocycles. The molecule has 1 N–H and O–H groups in total. The van der Waals surface area contributed by atoms with Crippen LogP contribution in [-0.4, -0.2) is 38.0 Å². The second-order valence-electron chi connectivity index (χ2n) is 4.08. The van der Waals surface area contributed by atoms with Crippen molar-refractivity contribution < 1.29 is 4.79 Å². The van der Waals surface area contributed by atoms with Gasteiger partial charge in [0.2, 0.25) is 6.41 Å². The summed E-state index contributed by atoms with van der Waals surface area (Å²) in [5.41, 5.74) is 0. The molecule has 0 bridgehead atoms. The average Bonchev–Trinajstić information content (AvgIpc) is 2.13. The summed E-state index contributed by atoms with van der Waals surface area (Å²) in [5.74, 6) is 0.782. The Morgan fingerprint density at radius 2 is 2.21 bits per heavy atom. The van der Waals surface area contributed by atoms with E-state index in [0.29, 0.717) is 0 Å². The van der Waals surface area contributed by atoms with Gasteiger partial charge in [-0.15, -0.1) is 0 Å². The third-order valence-corrected chi connectivity index (χ3v) is 2.35. The molecule has 0 aliphatic heterocycles. The lowest BCUT2D eigenvalue weighted by Crippen LogP contribution is -2.27. The number of hydrogen-bond acceptors (Lipinski definition) is 2. The lowest BCUT2D eigenvalue weighted by atomic mass is 10.1. The maximum atomic E-state index is 9.99. The normalized spacial score (nSPS) is 12.9. The molecule has 0 heterocycles. The van der Waals surface area contributed by atoms with Gasteiger partial charge in [0.25, 0.3) is 0 Å². The van der Waals surface area contributed by atoms with E-state index >= 15 is 0 Å². The fourth-order valence-corrected chi connectivity index (χ4v) is 1.72. The van der Waals surface area contributed by atoms with Gasteiger partial charge in [-0.3, -0.25) is 4.79 Å². The van der Waals surface area contributed by atoms with Crippen LogP contribution in [0.1, 0.15) is 33.1 Å². The Bertz CT molecular complexity index is 139. The van der Waals surface area contributed by atoms with E-state index in [1.807, 2.05) is 0 Å². The topological polar surface area (TPSA) is 32.3 Å².